The van der Waals surface area contributed by atoms with Crippen molar-refractivity contribution in [2.24, 2.45) is 5.73 Å². The number of ether oxygens (including phenoxy) is 1. The van der Waals surface area contributed by atoms with E-state index in [2.05, 4.69) is 20.2 Å². The number of halogens is 1. The quantitative estimate of drug-likeness (QED) is 0.485. The minimum atomic E-state index is -0.670. The van der Waals surface area contributed by atoms with E-state index in [9.17, 15) is 14.0 Å². The minimum absolute atomic E-state index is 0.0757. The van der Waals surface area contributed by atoms with Gasteiger partial charge < -0.3 is 15.8 Å². The van der Waals surface area contributed by atoms with Crippen LogP contribution in [0.4, 0.5) is 10.2 Å². The molecule has 1 atom stereocenters. The summed E-state index contributed by atoms with van der Waals surface area (Å²) < 4.78 is 19.3. The molecule has 0 unspecified atom stereocenters. The van der Waals surface area contributed by atoms with E-state index in [4.69, 9.17) is 10.5 Å². The second-order valence-electron chi connectivity index (χ2n) is 9.24. The summed E-state index contributed by atoms with van der Waals surface area (Å²) >= 11 is 0. The molecule has 9 heteroatoms. The molecule has 1 amide bonds. The number of anilines is 1. The van der Waals surface area contributed by atoms with Gasteiger partial charge in [0.1, 0.15) is 28.8 Å². The Balaban J connectivity index is 1.51. The van der Waals surface area contributed by atoms with E-state index < -0.39 is 5.91 Å². The number of hydrogen-bond acceptors (Lipinski definition) is 7. The van der Waals surface area contributed by atoms with Gasteiger partial charge in [-0.05, 0) is 86.8 Å². The number of nitrogens with two attached hydrogens (primary N) is 1. The molecule has 5 rings (SSSR count). The Labute approximate surface area is 208 Å². The van der Waals surface area contributed by atoms with E-state index >= 15 is 0 Å². The van der Waals surface area contributed by atoms with E-state index in [0.29, 0.717) is 36.1 Å². The van der Waals surface area contributed by atoms with Gasteiger partial charge in [0.15, 0.2) is 11.6 Å². The monoisotopic (exact) mass is 489 g/mol. The van der Waals surface area contributed by atoms with Gasteiger partial charge in [0.2, 0.25) is 0 Å². The van der Waals surface area contributed by atoms with Crippen molar-refractivity contribution in [3.05, 3.63) is 65.6 Å². The zero-order valence-corrected chi connectivity index (χ0v) is 19.9. The van der Waals surface area contributed by atoms with Crippen LogP contribution in [0.1, 0.15) is 48.2 Å². The van der Waals surface area contributed by atoms with Crippen molar-refractivity contribution in [2.45, 2.75) is 44.7 Å². The zero-order chi connectivity index (χ0) is 25.1. The molecule has 0 radical (unpaired) electrons. The summed E-state index contributed by atoms with van der Waals surface area (Å²) in [6.45, 7) is 2.63. The average molecular weight is 490 g/mol. The van der Waals surface area contributed by atoms with Crippen molar-refractivity contribution in [1.82, 2.24) is 14.9 Å². The van der Waals surface area contributed by atoms with Crippen LogP contribution in [0.15, 0.2) is 48.5 Å². The predicted octanol–water partition coefficient (Wildman–Crippen LogP) is 4.30. The summed E-state index contributed by atoms with van der Waals surface area (Å²) in [6.07, 6.45) is 4.36. The van der Waals surface area contributed by atoms with Crippen molar-refractivity contribution in [1.29, 1.82) is 0 Å². The molecular formula is C27H28FN5O3. The number of likely N-dealkylation sites (tertiary alicyclic amines) is 1. The number of amides is 1. The molecule has 1 aliphatic carbocycles. The summed E-state index contributed by atoms with van der Waals surface area (Å²) in [5, 5.41) is 3.16. The smallest absolute Gasteiger partial charge is 0.267 e. The number of nitrogens with one attached hydrogen (secondary N) is 1. The molecule has 2 heterocycles. The summed E-state index contributed by atoms with van der Waals surface area (Å²) in [4.78, 5) is 35.7. The number of primary amides is 1. The molecule has 0 bridgehead atoms. The van der Waals surface area contributed by atoms with Crippen LogP contribution < -0.4 is 15.8 Å². The van der Waals surface area contributed by atoms with Gasteiger partial charge in [-0.25, -0.2) is 14.4 Å². The summed E-state index contributed by atoms with van der Waals surface area (Å²) in [6, 6.07) is 12.6. The molecule has 186 valence electrons. The molecule has 1 aliphatic heterocycles. The van der Waals surface area contributed by atoms with E-state index in [0.717, 1.165) is 49.9 Å². The van der Waals surface area contributed by atoms with Crippen LogP contribution in [-0.2, 0) is 11.3 Å². The zero-order valence-electron chi connectivity index (χ0n) is 19.9. The van der Waals surface area contributed by atoms with Gasteiger partial charge in [-0.15, -0.1) is 0 Å². The SMILES string of the molecule is NC(=O)c1cc(N[C@H]2CCCC2=O)nc(-c2ccc(Oc3ccc(F)cc3)cc2CN2CCCC2)n1. The molecule has 2 aliphatic rings. The highest BCUT2D eigenvalue weighted by atomic mass is 19.1. The maximum atomic E-state index is 13.3. The average Bonchev–Trinajstić information content (AvgIpc) is 3.52. The number of nitrogens with zero attached hydrogens (tertiary/aromatic N) is 3. The van der Waals surface area contributed by atoms with Crippen LogP contribution in [0.2, 0.25) is 0 Å². The van der Waals surface area contributed by atoms with Crippen LogP contribution in [-0.4, -0.2) is 45.7 Å². The molecule has 0 spiro atoms. The molecule has 1 saturated carbocycles. The molecule has 36 heavy (non-hydrogen) atoms. The molecule has 8 nitrogen and oxygen atoms in total. The molecule has 3 aromatic rings. The minimum Gasteiger partial charge on any atom is -0.457 e. The highest BCUT2D eigenvalue weighted by Gasteiger charge is 2.25. The van der Waals surface area contributed by atoms with Gasteiger partial charge in [0.05, 0.1) is 6.04 Å². The Morgan fingerprint density at radius 1 is 1.06 bits per heavy atom. The molecule has 1 aromatic heterocycles. The van der Waals surface area contributed by atoms with Gasteiger partial charge in [-0.3, -0.25) is 14.5 Å². The first-order chi connectivity index (χ1) is 17.4. The van der Waals surface area contributed by atoms with Crippen LogP contribution in [0.5, 0.6) is 11.5 Å². The van der Waals surface area contributed by atoms with Crippen LogP contribution >= 0.6 is 0 Å². The predicted molar refractivity (Wildman–Crippen MR) is 133 cm³/mol. The second-order valence-corrected chi connectivity index (χ2v) is 9.24. The lowest BCUT2D eigenvalue weighted by atomic mass is 10.1. The maximum absolute atomic E-state index is 13.3. The first-order valence-electron chi connectivity index (χ1n) is 12.2. The summed E-state index contributed by atoms with van der Waals surface area (Å²) in [5.74, 6) is 0.998. The number of Topliss-reactive ketones (excluding diaryl/α,β-unsaturated/α-hetero) is 1. The molecular weight excluding hydrogens is 461 g/mol. The normalized spacial score (nSPS) is 17.9. The topological polar surface area (TPSA) is 110 Å². The second kappa shape index (κ2) is 10.4. The fourth-order valence-corrected chi connectivity index (χ4v) is 4.72. The number of carbonyl (C=O) groups excluding carboxylic acids is 2. The van der Waals surface area contributed by atoms with Crippen molar-refractivity contribution in [3.8, 4) is 22.9 Å². The maximum Gasteiger partial charge on any atom is 0.267 e. The van der Waals surface area contributed by atoms with Crippen molar-refractivity contribution in [3.63, 3.8) is 0 Å². The van der Waals surface area contributed by atoms with Crippen molar-refractivity contribution >= 4 is 17.5 Å². The third kappa shape index (κ3) is 5.52. The fourth-order valence-electron chi connectivity index (χ4n) is 4.72. The summed E-state index contributed by atoms with van der Waals surface area (Å²) in [5.41, 5.74) is 7.33. The lowest BCUT2D eigenvalue weighted by molar-refractivity contribution is -0.118. The number of ketones is 1. The highest BCUT2D eigenvalue weighted by molar-refractivity contribution is 5.93. The Morgan fingerprint density at radius 2 is 1.81 bits per heavy atom. The first kappa shape index (κ1) is 23.9. The van der Waals surface area contributed by atoms with Crippen LogP contribution in [0, 0.1) is 5.82 Å². The highest BCUT2D eigenvalue weighted by Crippen LogP contribution is 2.31. The third-order valence-corrected chi connectivity index (χ3v) is 6.56. The Bertz CT molecular complexity index is 1270. The van der Waals surface area contributed by atoms with E-state index in [1.165, 1.54) is 18.2 Å². The van der Waals surface area contributed by atoms with Gasteiger partial charge >= 0.3 is 0 Å². The molecule has 1 saturated heterocycles. The Morgan fingerprint density at radius 3 is 2.50 bits per heavy atom. The van der Waals surface area contributed by atoms with Crippen LogP contribution in [0.25, 0.3) is 11.4 Å². The summed E-state index contributed by atoms with van der Waals surface area (Å²) in [7, 11) is 0. The number of benzene rings is 2. The standard InChI is InChI=1S/C27H28FN5O3/c28-18-6-8-19(9-7-18)36-20-10-11-21(17(14-20)16-33-12-1-2-13-33)27-31-23(26(29)35)15-25(32-27)30-22-4-3-5-24(22)34/h6-11,14-15,22H,1-5,12-13,16H2,(H2,29,35)(H,30,31,32)/t22-/m0/s1. The van der Waals surface area contributed by atoms with E-state index in [-0.39, 0.29) is 23.3 Å². The van der Waals surface area contributed by atoms with Crippen molar-refractivity contribution < 1.29 is 18.7 Å². The van der Waals surface area contributed by atoms with Gasteiger partial charge in [0.25, 0.3) is 5.91 Å². The third-order valence-electron chi connectivity index (χ3n) is 6.56. The first-order valence-corrected chi connectivity index (χ1v) is 12.2. The largest absolute Gasteiger partial charge is 0.457 e. The van der Waals surface area contributed by atoms with Crippen molar-refractivity contribution in [2.75, 3.05) is 18.4 Å². The Kier molecular flexibility index (Phi) is 6.90. The molecule has 3 N–H and O–H groups in total. The number of carbonyl (C=O) groups is 2. The van der Waals surface area contributed by atoms with E-state index in [1.807, 2.05) is 12.1 Å². The number of aromatic nitrogens is 2. The molecule has 2 aromatic carbocycles. The fraction of sp³-hybridized carbons (Fsp3) is 0.333. The van der Waals surface area contributed by atoms with Gasteiger partial charge in [-0.2, -0.15) is 0 Å². The number of hydrogen-bond donors (Lipinski definition) is 2. The lowest BCUT2D eigenvalue weighted by Crippen LogP contribution is -2.25. The van der Waals surface area contributed by atoms with Gasteiger partial charge in [-0.1, -0.05) is 0 Å². The number of rotatable bonds is 8. The van der Waals surface area contributed by atoms with Crippen LogP contribution in [0.3, 0.4) is 0 Å². The van der Waals surface area contributed by atoms with E-state index in [1.54, 1.807) is 18.2 Å². The molecule has 2 fully saturated rings. The lowest BCUT2D eigenvalue weighted by Gasteiger charge is -2.19. The van der Waals surface area contributed by atoms with Gasteiger partial charge in [0, 0.05) is 24.6 Å². The Hall–Kier alpha value is -3.85.